The van der Waals surface area contributed by atoms with Crippen LogP contribution in [0.5, 0.6) is 0 Å². The van der Waals surface area contributed by atoms with Crippen LogP contribution in [-0.2, 0) is 17.8 Å². The molecule has 124 valence electrons. The molecule has 0 fully saturated rings. The fraction of sp³-hybridized carbons (Fsp3) is 0.300. The molecule has 0 aliphatic rings. The number of aryl methyl sites for hydroxylation is 1. The first kappa shape index (κ1) is 16.2. The third-order valence-electron chi connectivity index (χ3n) is 4.32. The van der Waals surface area contributed by atoms with E-state index in [-0.39, 0.29) is 5.91 Å². The lowest BCUT2D eigenvalue weighted by atomic mass is 10.1. The summed E-state index contributed by atoms with van der Waals surface area (Å²) in [5.74, 6) is -0.212. The van der Waals surface area contributed by atoms with E-state index >= 15 is 0 Å². The van der Waals surface area contributed by atoms with Gasteiger partial charge in [-0.3, -0.25) is 4.79 Å². The van der Waals surface area contributed by atoms with Crippen molar-refractivity contribution in [3.05, 3.63) is 66.2 Å². The first-order chi connectivity index (χ1) is 11.7. The van der Waals surface area contributed by atoms with Crippen LogP contribution in [0.25, 0.3) is 10.8 Å². The molecule has 4 heteroatoms. The molecule has 0 spiro atoms. The average Bonchev–Trinajstić information content (AvgIpc) is 3.01. The first-order valence-corrected chi connectivity index (χ1v) is 8.47. The van der Waals surface area contributed by atoms with Gasteiger partial charge in [-0.2, -0.15) is 0 Å². The van der Waals surface area contributed by atoms with Gasteiger partial charge in [0.25, 0.3) is 0 Å². The molecule has 1 amide bonds. The average molecular weight is 321 g/mol. The zero-order valence-corrected chi connectivity index (χ0v) is 13.8. The summed E-state index contributed by atoms with van der Waals surface area (Å²) in [7, 11) is 0. The highest BCUT2D eigenvalue weighted by Crippen LogP contribution is 2.17. The molecular formula is C20H23N3O. The van der Waals surface area contributed by atoms with Crippen LogP contribution >= 0.6 is 0 Å². The highest BCUT2D eigenvalue weighted by molar-refractivity contribution is 5.82. The Labute approximate surface area is 142 Å². The van der Waals surface area contributed by atoms with Gasteiger partial charge in [-0.05, 0) is 41.7 Å². The smallest absolute Gasteiger partial charge is 0.217 e. The van der Waals surface area contributed by atoms with Gasteiger partial charge < -0.3 is 10.3 Å². The van der Waals surface area contributed by atoms with Crippen LogP contribution in [0.1, 0.15) is 36.9 Å². The fourth-order valence-electron chi connectivity index (χ4n) is 3.01. The second-order valence-corrected chi connectivity index (χ2v) is 6.22. The molecule has 2 N–H and O–H groups in total. The van der Waals surface area contributed by atoms with Crippen molar-refractivity contribution >= 4 is 16.7 Å². The number of rotatable bonds is 8. The molecule has 0 saturated heterocycles. The summed E-state index contributed by atoms with van der Waals surface area (Å²) in [4.78, 5) is 15.0. The summed E-state index contributed by atoms with van der Waals surface area (Å²) in [6.45, 7) is 0.835. The number of hydrogen-bond acceptors (Lipinski definition) is 2. The molecule has 0 aliphatic carbocycles. The van der Waals surface area contributed by atoms with Gasteiger partial charge in [0.15, 0.2) is 0 Å². The number of amides is 1. The molecule has 2 aromatic carbocycles. The Morgan fingerprint density at radius 1 is 1.04 bits per heavy atom. The van der Waals surface area contributed by atoms with Gasteiger partial charge in [-0.1, -0.05) is 42.8 Å². The maximum Gasteiger partial charge on any atom is 0.217 e. The number of imidazole rings is 1. The lowest BCUT2D eigenvalue weighted by Gasteiger charge is -2.09. The quantitative estimate of drug-likeness (QED) is 0.643. The molecular weight excluding hydrogens is 298 g/mol. The fourth-order valence-corrected chi connectivity index (χ4v) is 3.01. The molecule has 0 saturated carbocycles. The number of carbonyl (C=O) groups excluding carboxylic acids is 1. The van der Waals surface area contributed by atoms with Crippen molar-refractivity contribution in [1.29, 1.82) is 0 Å². The Bertz CT molecular complexity index is 822. The van der Waals surface area contributed by atoms with E-state index in [0.717, 1.165) is 32.2 Å². The van der Waals surface area contributed by atoms with Crippen molar-refractivity contribution in [3.8, 4) is 0 Å². The number of aromatic nitrogens is 2. The van der Waals surface area contributed by atoms with E-state index in [0.29, 0.717) is 6.42 Å². The second-order valence-electron chi connectivity index (χ2n) is 6.22. The van der Waals surface area contributed by atoms with E-state index in [4.69, 9.17) is 5.73 Å². The predicted octanol–water partition coefficient (Wildman–Crippen LogP) is 3.67. The molecule has 24 heavy (non-hydrogen) atoms. The molecule has 4 nitrogen and oxygen atoms in total. The Kier molecular flexibility index (Phi) is 5.26. The Morgan fingerprint density at radius 2 is 1.88 bits per heavy atom. The van der Waals surface area contributed by atoms with Crippen LogP contribution in [0.15, 0.2) is 55.0 Å². The highest BCUT2D eigenvalue weighted by atomic mass is 16.1. The topological polar surface area (TPSA) is 60.9 Å². The summed E-state index contributed by atoms with van der Waals surface area (Å²) in [6, 6.07) is 15.0. The maximum atomic E-state index is 10.7. The third kappa shape index (κ3) is 4.22. The number of unbranched alkanes of at least 4 members (excludes halogenated alkanes) is 2. The second kappa shape index (κ2) is 7.77. The lowest BCUT2D eigenvalue weighted by molar-refractivity contribution is -0.118. The molecule has 0 bridgehead atoms. The molecule has 0 radical (unpaired) electrons. The Balaban J connectivity index is 1.61. The molecule has 3 aromatic rings. The van der Waals surface area contributed by atoms with Crippen molar-refractivity contribution in [2.45, 2.75) is 38.6 Å². The number of fused-ring (bicyclic) bond motifs is 1. The van der Waals surface area contributed by atoms with Gasteiger partial charge in [-0.15, -0.1) is 0 Å². The molecule has 0 aliphatic heterocycles. The van der Waals surface area contributed by atoms with Gasteiger partial charge in [0, 0.05) is 24.9 Å². The molecule has 1 heterocycles. The normalized spacial score (nSPS) is 11.0. The van der Waals surface area contributed by atoms with E-state index in [1.54, 1.807) is 0 Å². The predicted molar refractivity (Wildman–Crippen MR) is 96.6 cm³/mol. The zero-order chi connectivity index (χ0) is 16.8. The van der Waals surface area contributed by atoms with E-state index in [1.165, 1.54) is 22.0 Å². The van der Waals surface area contributed by atoms with Crippen LogP contribution in [0.2, 0.25) is 0 Å². The van der Waals surface area contributed by atoms with Crippen LogP contribution in [-0.4, -0.2) is 15.5 Å². The van der Waals surface area contributed by atoms with E-state index in [2.05, 4.69) is 52.0 Å². The first-order valence-electron chi connectivity index (χ1n) is 8.47. The summed E-state index contributed by atoms with van der Waals surface area (Å²) in [6.07, 6.45) is 8.24. The van der Waals surface area contributed by atoms with Crippen LogP contribution < -0.4 is 5.73 Å². The molecule has 0 atom stereocenters. The van der Waals surface area contributed by atoms with Crippen LogP contribution in [0, 0.1) is 0 Å². The summed E-state index contributed by atoms with van der Waals surface area (Å²) in [5, 5.41) is 2.53. The minimum absolute atomic E-state index is 0.212. The minimum Gasteiger partial charge on any atom is -0.370 e. The molecule has 1 aromatic heterocycles. The van der Waals surface area contributed by atoms with Gasteiger partial charge in [-0.25, -0.2) is 4.98 Å². The lowest BCUT2D eigenvalue weighted by Crippen LogP contribution is -2.09. The summed E-state index contributed by atoms with van der Waals surface area (Å²) < 4.78 is 2.21. The largest absolute Gasteiger partial charge is 0.370 e. The van der Waals surface area contributed by atoms with Gasteiger partial charge in [0.1, 0.15) is 0 Å². The van der Waals surface area contributed by atoms with Crippen molar-refractivity contribution in [1.82, 2.24) is 9.55 Å². The molecule has 0 unspecified atom stereocenters. The van der Waals surface area contributed by atoms with Gasteiger partial charge in [0.2, 0.25) is 5.91 Å². The Morgan fingerprint density at radius 3 is 2.71 bits per heavy atom. The van der Waals surface area contributed by atoms with Crippen molar-refractivity contribution in [2.24, 2.45) is 5.73 Å². The Hall–Kier alpha value is -2.62. The number of hydrogen-bond donors (Lipinski definition) is 1. The third-order valence-corrected chi connectivity index (χ3v) is 4.32. The van der Waals surface area contributed by atoms with Crippen LogP contribution in [0.3, 0.4) is 0 Å². The number of benzene rings is 2. The van der Waals surface area contributed by atoms with Gasteiger partial charge in [0.05, 0.1) is 6.33 Å². The standard InChI is InChI=1S/C20H23N3O/c21-20(24)9-3-1-2-8-19-13-22-15-23(19)14-16-10-11-17-6-4-5-7-18(17)12-16/h4-7,10-13,15H,1-3,8-9,14H2,(H2,21,24). The van der Waals surface area contributed by atoms with Crippen LogP contribution in [0.4, 0.5) is 0 Å². The van der Waals surface area contributed by atoms with E-state index < -0.39 is 0 Å². The molecule has 3 rings (SSSR count). The minimum atomic E-state index is -0.212. The number of nitrogens with two attached hydrogens (primary N) is 1. The zero-order valence-electron chi connectivity index (χ0n) is 13.8. The van der Waals surface area contributed by atoms with Crippen molar-refractivity contribution in [3.63, 3.8) is 0 Å². The highest BCUT2D eigenvalue weighted by Gasteiger charge is 2.04. The summed E-state index contributed by atoms with van der Waals surface area (Å²) in [5.41, 5.74) is 7.68. The summed E-state index contributed by atoms with van der Waals surface area (Å²) >= 11 is 0. The van der Waals surface area contributed by atoms with Crippen molar-refractivity contribution in [2.75, 3.05) is 0 Å². The van der Waals surface area contributed by atoms with Crippen molar-refractivity contribution < 1.29 is 4.79 Å². The number of primary amides is 1. The monoisotopic (exact) mass is 321 g/mol. The SMILES string of the molecule is NC(=O)CCCCCc1cncn1Cc1ccc2ccccc2c1. The number of nitrogens with zero attached hydrogens (tertiary/aromatic N) is 2. The van der Waals surface area contributed by atoms with Gasteiger partial charge >= 0.3 is 0 Å². The maximum absolute atomic E-state index is 10.7. The van der Waals surface area contributed by atoms with E-state index in [1.807, 2.05) is 12.5 Å². The van der Waals surface area contributed by atoms with E-state index in [9.17, 15) is 4.79 Å². The number of carbonyl (C=O) groups is 1.